The quantitative estimate of drug-likeness (QED) is 0.451. The lowest BCUT2D eigenvalue weighted by atomic mass is 9.81. The van der Waals surface area contributed by atoms with Crippen LogP contribution in [0.2, 0.25) is 0 Å². The van der Waals surface area contributed by atoms with Crippen molar-refractivity contribution in [3.63, 3.8) is 0 Å². The highest BCUT2D eigenvalue weighted by Gasteiger charge is 2.32. The summed E-state index contributed by atoms with van der Waals surface area (Å²) in [6.45, 7) is 0. The van der Waals surface area contributed by atoms with Gasteiger partial charge in [0.2, 0.25) is 0 Å². The van der Waals surface area contributed by atoms with Crippen molar-refractivity contribution in [1.29, 1.82) is 0 Å². The first kappa shape index (κ1) is 14.8. The predicted molar refractivity (Wildman–Crippen MR) is 109 cm³/mol. The van der Waals surface area contributed by atoms with Crippen LogP contribution in [-0.2, 0) is 0 Å². The minimum absolute atomic E-state index is 1.12. The van der Waals surface area contributed by atoms with Crippen LogP contribution in [0.4, 0.5) is 0 Å². The van der Waals surface area contributed by atoms with Crippen LogP contribution in [-0.4, -0.2) is 0 Å². The first-order chi connectivity index (χ1) is 12.9. The van der Waals surface area contributed by atoms with E-state index in [1.54, 1.807) is 55.7 Å². The molecular weight excluding hydrogens is 312 g/mol. The molecule has 0 nitrogen and oxygen atoms in total. The molecular formula is C26H24. The fourth-order valence-corrected chi connectivity index (χ4v) is 5.70. The van der Waals surface area contributed by atoms with Crippen LogP contribution in [0.3, 0.4) is 0 Å². The van der Waals surface area contributed by atoms with E-state index in [4.69, 9.17) is 0 Å². The summed E-state index contributed by atoms with van der Waals surface area (Å²) in [5.74, 6) is 0. The van der Waals surface area contributed by atoms with Crippen molar-refractivity contribution < 1.29 is 0 Å². The molecule has 0 saturated heterocycles. The second-order valence-corrected chi connectivity index (χ2v) is 8.19. The van der Waals surface area contributed by atoms with Crippen molar-refractivity contribution in [3.8, 4) is 0 Å². The molecule has 0 atom stereocenters. The molecule has 0 amide bonds. The molecule has 0 spiro atoms. The molecule has 0 unspecified atom stereocenters. The first-order valence-corrected chi connectivity index (χ1v) is 10.2. The summed E-state index contributed by atoms with van der Waals surface area (Å²) in [5, 5.41) is 0. The molecule has 26 heavy (non-hydrogen) atoms. The number of hydrogen-bond donors (Lipinski definition) is 0. The fourth-order valence-electron chi connectivity index (χ4n) is 5.70. The lowest BCUT2D eigenvalue weighted by Crippen LogP contribution is -2.05. The standard InChI is InChI=1S/C26H24/c1-5-17-13-14-18-6-2-10-22(18)25(21(17)9-1)26-23-11-3-7-19(23)15-16-20-8-4-12-24(20)26/h1-8H,9-16H2. The topological polar surface area (TPSA) is 0 Å². The third-order valence-electron chi connectivity index (χ3n) is 6.90. The van der Waals surface area contributed by atoms with Crippen molar-refractivity contribution in [1.82, 2.24) is 0 Å². The fraction of sp³-hybridized carbons (Fsp3) is 0.308. The molecule has 0 aromatic rings. The molecule has 0 bridgehead atoms. The molecule has 6 rings (SSSR count). The maximum Gasteiger partial charge on any atom is -0.00852 e. The summed E-state index contributed by atoms with van der Waals surface area (Å²) >= 11 is 0. The van der Waals surface area contributed by atoms with Crippen molar-refractivity contribution in [2.24, 2.45) is 0 Å². The van der Waals surface area contributed by atoms with Gasteiger partial charge in [-0.3, -0.25) is 0 Å². The normalized spacial score (nSPS) is 26.2. The SMILES string of the molecule is C1=CC2=C(C1)C(=C1C3=C(C=CC3)CCC3=C1CC=C3)C1=C(C=CC1)CC2. The highest BCUT2D eigenvalue weighted by Crippen LogP contribution is 2.50. The summed E-state index contributed by atoms with van der Waals surface area (Å²) in [5.41, 5.74) is 16.2. The average molecular weight is 336 g/mol. The van der Waals surface area contributed by atoms with Gasteiger partial charge < -0.3 is 0 Å². The summed E-state index contributed by atoms with van der Waals surface area (Å²) in [7, 11) is 0. The van der Waals surface area contributed by atoms with E-state index in [0.717, 1.165) is 25.7 Å². The zero-order valence-electron chi connectivity index (χ0n) is 15.3. The minimum Gasteiger partial charge on any atom is -0.0798 e. The second kappa shape index (κ2) is 5.58. The van der Waals surface area contributed by atoms with Crippen molar-refractivity contribution in [2.45, 2.75) is 51.4 Å². The Balaban J connectivity index is 1.68. The van der Waals surface area contributed by atoms with Gasteiger partial charge in [0, 0.05) is 0 Å². The third-order valence-corrected chi connectivity index (χ3v) is 6.90. The van der Waals surface area contributed by atoms with Gasteiger partial charge in [-0.25, -0.2) is 0 Å². The molecule has 6 aliphatic rings. The van der Waals surface area contributed by atoms with Crippen LogP contribution >= 0.6 is 0 Å². The Morgan fingerprint density at radius 3 is 0.923 bits per heavy atom. The lowest BCUT2D eigenvalue weighted by molar-refractivity contribution is 0.973. The van der Waals surface area contributed by atoms with Gasteiger partial charge in [-0.2, -0.15) is 0 Å². The van der Waals surface area contributed by atoms with Gasteiger partial charge in [-0.1, -0.05) is 48.6 Å². The highest BCUT2D eigenvalue weighted by atomic mass is 14.4. The first-order valence-electron chi connectivity index (χ1n) is 10.2. The van der Waals surface area contributed by atoms with E-state index >= 15 is 0 Å². The van der Waals surface area contributed by atoms with Gasteiger partial charge in [0.15, 0.2) is 0 Å². The van der Waals surface area contributed by atoms with E-state index in [-0.39, 0.29) is 0 Å². The largest absolute Gasteiger partial charge is 0.0798 e. The number of rotatable bonds is 0. The van der Waals surface area contributed by atoms with E-state index in [2.05, 4.69) is 48.6 Å². The molecule has 0 saturated carbocycles. The zero-order chi connectivity index (χ0) is 17.1. The van der Waals surface area contributed by atoms with Gasteiger partial charge in [-0.15, -0.1) is 0 Å². The Hall–Kier alpha value is -2.34. The van der Waals surface area contributed by atoms with Gasteiger partial charge >= 0.3 is 0 Å². The van der Waals surface area contributed by atoms with Crippen molar-refractivity contribution in [2.75, 3.05) is 0 Å². The second-order valence-electron chi connectivity index (χ2n) is 8.19. The van der Waals surface area contributed by atoms with E-state index in [9.17, 15) is 0 Å². The van der Waals surface area contributed by atoms with Gasteiger partial charge in [0.05, 0.1) is 0 Å². The average Bonchev–Trinajstić information content (AvgIpc) is 3.42. The summed E-state index contributed by atoms with van der Waals surface area (Å²) in [6, 6.07) is 0. The van der Waals surface area contributed by atoms with E-state index in [1.165, 1.54) is 25.7 Å². The summed E-state index contributed by atoms with van der Waals surface area (Å²) in [6.07, 6.45) is 28.5. The van der Waals surface area contributed by atoms with Crippen LogP contribution in [0.5, 0.6) is 0 Å². The lowest BCUT2D eigenvalue weighted by Gasteiger charge is -2.22. The molecule has 6 aliphatic carbocycles. The van der Waals surface area contributed by atoms with Crippen LogP contribution in [0.15, 0.2) is 104 Å². The highest BCUT2D eigenvalue weighted by molar-refractivity contribution is 5.72. The van der Waals surface area contributed by atoms with Gasteiger partial charge in [-0.05, 0) is 107 Å². The molecule has 0 aliphatic heterocycles. The van der Waals surface area contributed by atoms with E-state index in [1.807, 2.05) is 0 Å². The Labute approximate surface area is 156 Å². The minimum atomic E-state index is 1.12. The molecule has 0 aromatic carbocycles. The molecule has 0 fully saturated rings. The summed E-state index contributed by atoms with van der Waals surface area (Å²) < 4.78 is 0. The third kappa shape index (κ3) is 2.02. The Kier molecular flexibility index (Phi) is 3.17. The zero-order valence-corrected chi connectivity index (χ0v) is 15.3. The van der Waals surface area contributed by atoms with Crippen LogP contribution in [0, 0.1) is 0 Å². The molecule has 0 heterocycles. The van der Waals surface area contributed by atoms with Crippen molar-refractivity contribution >= 4 is 0 Å². The maximum atomic E-state index is 2.41. The predicted octanol–water partition coefficient (Wildman–Crippen LogP) is 6.90. The number of hydrogen-bond acceptors (Lipinski definition) is 0. The maximum absolute atomic E-state index is 2.41. The molecule has 0 aromatic heterocycles. The van der Waals surface area contributed by atoms with E-state index < -0.39 is 0 Å². The monoisotopic (exact) mass is 336 g/mol. The molecule has 128 valence electrons. The van der Waals surface area contributed by atoms with Crippen LogP contribution < -0.4 is 0 Å². The molecule has 0 heteroatoms. The molecule has 0 radical (unpaired) electrons. The van der Waals surface area contributed by atoms with Crippen LogP contribution in [0.1, 0.15) is 51.4 Å². The Bertz CT molecular complexity index is 840. The van der Waals surface area contributed by atoms with Gasteiger partial charge in [0.25, 0.3) is 0 Å². The van der Waals surface area contributed by atoms with Crippen LogP contribution in [0.25, 0.3) is 0 Å². The van der Waals surface area contributed by atoms with Crippen molar-refractivity contribution in [3.05, 3.63) is 104 Å². The number of allylic oxidation sites excluding steroid dienone is 18. The Morgan fingerprint density at radius 2 is 0.654 bits per heavy atom. The smallest absolute Gasteiger partial charge is 0.00852 e. The van der Waals surface area contributed by atoms with Gasteiger partial charge in [0.1, 0.15) is 0 Å². The molecule has 0 N–H and O–H groups in total. The Morgan fingerprint density at radius 1 is 0.385 bits per heavy atom. The van der Waals surface area contributed by atoms with E-state index in [0.29, 0.717) is 0 Å². The summed E-state index contributed by atoms with van der Waals surface area (Å²) in [4.78, 5) is 0.